The Bertz CT molecular complexity index is 177. The molecule has 2 heterocycles. The highest BCUT2D eigenvalue weighted by atomic mass is 16.3. The summed E-state index contributed by atoms with van der Waals surface area (Å²) < 4.78 is 0. The van der Waals surface area contributed by atoms with Crippen LogP contribution in [0.4, 0.5) is 0 Å². The van der Waals surface area contributed by atoms with Gasteiger partial charge in [-0.15, -0.1) is 0 Å². The maximum Gasteiger partial charge on any atom is 0.0649 e. The molecule has 0 aromatic carbocycles. The Kier molecular flexibility index (Phi) is 2.34. The Hall–Kier alpha value is -0.120. The molecule has 2 aliphatic rings. The fourth-order valence-corrected chi connectivity index (χ4v) is 3.07. The molecule has 3 N–H and O–H groups in total. The number of aliphatic hydroxyl groups is 1. The van der Waals surface area contributed by atoms with Crippen molar-refractivity contribution in [1.29, 1.82) is 0 Å². The van der Waals surface area contributed by atoms with E-state index in [0.717, 1.165) is 25.9 Å². The molecule has 0 aliphatic carbocycles. The zero-order valence-electron chi connectivity index (χ0n) is 8.37. The van der Waals surface area contributed by atoms with Gasteiger partial charge >= 0.3 is 0 Å². The smallest absolute Gasteiger partial charge is 0.0649 e. The van der Waals surface area contributed by atoms with Crippen LogP contribution in [-0.2, 0) is 0 Å². The Morgan fingerprint density at radius 3 is 2.38 bits per heavy atom. The lowest BCUT2D eigenvalue weighted by Gasteiger charge is -2.42. The van der Waals surface area contributed by atoms with Gasteiger partial charge < -0.3 is 10.8 Å². The second kappa shape index (κ2) is 3.23. The Labute approximate surface area is 79.9 Å². The summed E-state index contributed by atoms with van der Waals surface area (Å²) in [6.45, 7) is 3.72. The summed E-state index contributed by atoms with van der Waals surface area (Å²) in [5.74, 6) is 0. The van der Waals surface area contributed by atoms with Crippen molar-refractivity contribution in [3.05, 3.63) is 0 Å². The number of nitrogens with two attached hydrogens (primary N) is 1. The van der Waals surface area contributed by atoms with Crippen molar-refractivity contribution in [3.63, 3.8) is 0 Å². The fraction of sp³-hybridized carbons (Fsp3) is 1.00. The summed E-state index contributed by atoms with van der Waals surface area (Å²) in [4.78, 5) is 2.50. The first-order valence-electron chi connectivity index (χ1n) is 5.30. The van der Waals surface area contributed by atoms with E-state index in [1.165, 1.54) is 12.8 Å². The van der Waals surface area contributed by atoms with Crippen molar-refractivity contribution in [2.75, 3.05) is 13.1 Å². The highest BCUT2D eigenvalue weighted by Gasteiger charge is 2.44. The first-order chi connectivity index (χ1) is 6.12. The number of piperidine rings is 1. The first-order valence-corrected chi connectivity index (χ1v) is 5.30. The van der Waals surface area contributed by atoms with Gasteiger partial charge in [-0.3, -0.25) is 4.90 Å². The maximum atomic E-state index is 9.98. The zero-order valence-corrected chi connectivity index (χ0v) is 8.37. The van der Waals surface area contributed by atoms with Gasteiger partial charge in [-0.05, 0) is 32.6 Å². The van der Waals surface area contributed by atoms with Crippen molar-refractivity contribution in [1.82, 2.24) is 4.90 Å². The van der Waals surface area contributed by atoms with Crippen molar-refractivity contribution in [2.45, 2.75) is 50.3 Å². The molecule has 13 heavy (non-hydrogen) atoms. The molecule has 2 fully saturated rings. The Morgan fingerprint density at radius 1 is 1.38 bits per heavy atom. The van der Waals surface area contributed by atoms with E-state index in [1.807, 2.05) is 6.92 Å². The normalized spacial score (nSPS) is 45.5. The SMILES string of the molecule is CC1(O)CC2CCC(C1)N2CCN. The lowest BCUT2D eigenvalue weighted by molar-refractivity contribution is -0.0372. The van der Waals surface area contributed by atoms with E-state index < -0.39 is 5.60 Å². The molecular weight excluding hydrogens is 164 g/mol. The molecule has 2 unspecified atom stereocenters. The zero-order chi connectivity index (χ0) is 9.47. The van der Waals surface area contributed by atoms with Crippen molar-refractivity contribution in [3.8, 4) is 0 Å². The van der Waals surface area contributed by atoms with Crippen LogP contribution in [-0.4, -0.2) is 40.8 Å². The number of rotatable bonds is 2. The van der Waals surface area contributed by atoms with Gasteiger partial charge in [-0.25, -0.2) is 0 Å². The van der Waals surface area contributed by atoms with Crippen molar-refractivity contribution >= 4 is 0 Å². The Morgan fingerprint density at radius 2 is 1.92 bits per heavy atom. The third-order valence-corrected chi connectivity index (χ3v) is 3.51. The van der Waals surface area contributed by atoms with Gasteiger partial charge in [-0.1, -0.05) is 0 Å². The molecule has 0 spiro atoms. The predicted molar refractivity (Wildman–Crippen MR) is 52.4 cm³/mol. The van der Waals surface area contributed by atoms with Gasteiger partial charge in [0.2, 0.25) is 0 Å². The van der Waals surface area contributed by atoms with Crippen LogP contribution in [0.2, 0.25) is 0 Å². The van der Waals surface area contributed by atoms with Gasteiger partial charge in [0, 0.05) is 25.2 Å². The number of fused-ring (bicyclic) bond motifs is 2. The summed E-state index contributed by atoms with van der Waals surface area (Å²) in [5.41, 5.74) is 5.16. The molecule has 2 saturated heterocycles. The molecule has 3 heteroatoms. The van der Waals surface area contributed by atoms with Gasteiger partial charge in [0.15, 0.2) is 0 Å². The summed E-state index contributed by atoms with van der Waals surface area (Å²) in [6.07, 6.45) is 4.37. The molecule has 2 bridgehead atoms. The van der Waals surface area contributed by atoms with Crippen LogP contribution in [0, 0.1) is 0 Å². The van der Waals surface area contributed by atoms with Crippen LogP contribution in [0.5, 0.6) is 0 Å². The molecule has 0 saturated carbocycles. The third kappa shape index (κ3) is 1.73. The van der Waals surface area contributed by atoms with E-state index in [2.05, 4.69) is 4.90 Å². The molecule has 2 rings (SSSR count). The van der Waals surface area contributed by atoms with Crippen LogP contribution in [0.3, 0.4) is 0 Å². The van der Waals surface area contributed by atoms with Crippen LogP contribution in [0.1, 0.15) is 32.6 Å². The van der Waals surface area contributed by atoms with Gasteiger partial charge in [-0.2, -0.15) is 0 Å². The number of hydrogen-bond donors (Lipinski definition) is 2. The van der Waals surface area contributed by atoms with E-state index in [0.29, 0.717) is 12.1 Å². The molecule has 0 radical (unpaired) electrons. The average Bonchev–Trinajstić information content (AvgIpc) is 2.31. The van der Waals surface area contributed by atoms with Crippen molar-refractivity contribution in [2.24, 2.45) is 5.73 Å². The highest BCUT2D eigenvalue weighted by Crippen LogP contribution is 2.39. The van der Waals surface area contributed by atoms with Gasteiger partial charge in [0.25, 0.3) is 0 Å². The minimum absolute atomic E-state index is 0.420. The standard InChI is InChI=1S/C10H20N2O/c1-10(13)6-8-2-3-9(7-10)12(8)5-4-11/h8-9,13H,2-7,11H2,1H3. The van der Waals surface area contributed by atoms with E-state index in [1.54, 1.807) is 0 Å². The number of hydrogen-bond acceptors (Lipinski definition) is 3. The summed E-state index contributed by atoms with van der Waals surface area (Å²) in [6, 6.07) is 1.19. The fourth-order valence-electron chi connectivity index (χ4n) is 3.07. The molecule has 0 aromatic heterocycles. The summed E-state index contributed by atoms with van der Waals surface area (Å²) in [7, 11) is 0. The van der Waals surface area contributed by atoms with E-state index in [9.17, 15) is 5.11 Å². The monoisotopic (exact) mass is 184 g/mol. The van der Waals surface area contributed by atoms with E-state index in [-0.39, 0.29) is 0 Å². The quantitative estimate of drug-likeness (QED) is 0.650. The third-order valence-electron chi connectivity index (χ3n) is 3.51. The number of nitrogens with zero attached hydrogens (tertiary/aromatic N) is 1. The second-order valence-electron chi connectivity index (χ2n) is 4.82. The molecule has 76 valence electrons. The lowest BCUT2D eigenvalue weighted by atomic mass is 9.88. The van der Waals surface area contributed by atoms with Crippen LogP contribution < -0.4 is 5.73 Å². The molecular formula is C10H20N2O. The van der Waals surface area contributed by atoms with Crippen molar-refractivity contribution < 1.29 is 5.11 Å². The largest absolute Gasteiger partial charge is 0.390 e. The topological polar surface area (TPSA) is 49.5 Å². The second-order valence-corrected chi connectivity index (χ2v) is 4.82. The van der Waals surface area contributed by atoms with E-state index in [4.69, 9.17) is 5.73 Å². The highest BCUT2D eigenvalue weighted by molar-refractivity contribution is 5.00. The molecule has 2 aliphatic heterocycles. The molecule has 0 amide bonds. The van der Waals surface area contributed by atoms with Gasteiger partial charge in [0.05, 0.1) is 5.60 Å². The Balaban J connectivity index is 2.04. The van der Waals surface area contributed by atoms with Gasteiger partial charge in [0.1, 0.15) is 0 Å². The summed E-state index contributed by atoms with van der Waals surface area (Å²) >= 11 is 0. The lowest BCUT2D eigenvalue weighted by Crippen LogP contribution is -2.50. The minimum atomic E-state index is -0.420. The van der Waals surface area contributed by atoms with Crippen LogP contribution >= 0.6 is 0 Å². The molecule has 0 aromatic rings. The van der Waals surface area contributed by atoms with Crippen LogP contribution in [0.25, 0.3) is 0 Å². The minimum Gasteiger partial charge on any atom is -0.390 e. The first kappa shape index (κ1) is 9.44. The van der Waals surface area contributed by atoms with Crippen LogP contribution in [0.15, 0.2) is 0 Å². The average molecular weight is 184 g/mol. The summed E-state index contributed by atoms with van der Waals surface area (Å²) in [5, 5.41) is 9.98. The molecule has 2 atom stereocenters. The maximum absolute atomic E-state index is 9.98. The molecule has 3 nitrogen and oxygen atoms in total. The van der Waals surface area contributed by atoms with E-state index >= 15 is 0 Å². The predicted octanol–water partition coefficient (Wildman–Crippen LogP) is 0.323.